The highest BCUT2D eigenvalue weighted by Gasteiger charge is 2.33. The minimum absolute atomic E-state index is 0.184. The van der Waals surface area contributed by atoms with Crippen LogP contribution < -0.4 is 0 Å². The molecule has 98 valence electrons. The van der Waals surface area contributed by atoms with Crippen LogP contribution in [0.3, 0.4) is 0 Å². The number of methoxy groups -OCH3 is 1. The number of carbonyl (C=O) groups is 1. The second-order valence-corrected chi connectivity index (χ2v) is 4.06. The Balaban J connectivity index is 1.91. The Morgan fingerprint density at radius 1 is 1.44 bits per heavy atom. The van der Waals surface area contributed by atoms with Gasteiger partial charge in [0.2, 0.25) is 6.41 Å². The summed E-state index contributed by atoms with van der Waals surface area (Å²) < 4.78 is 10.5. The quantitative estimate of drug-likeness (QED) is 0.565. The molecule has 0 aliphatic carbocycles. The average Bonchev–Trinajstić information content (AvgIpc) is 2.89. The molecular formula is C13H17NO4. The van der Waals surface area contributed by atoms with Crippen LogP contribution in [0.1, 0.15) is 12.0 Å². The Bertz CT molecular complexity index is 371. The van der Waals surface area contributed by atoms with Gasteiger partial charge in [0, 0.05) is 7.11 Å². The maximum Gasteiger partial charge on any atom is 0.233 e. The van der Waals surface area contributed by atoms with E-state index in [1.807, 2.05) is 30.3 Å². The topological polar surface area (TPSA) is 48.0 Å². The number of hydrogen-bond donors (Lipinski definition) is 0. The smallest absolute Gasteiger partial charge is 0.233 e. The van der Waals surface area contributed by atoms with Crippen molar-refractivity contribution >= 4 is 6.41 Å². The van der Waals surface area contributed by atoms with Gasteiger partial charge >= 0.3 is 0 Å². The number of ether oxygens (including phenoxy) is 2. The van der Waals surface area contributed by atoms with Gasteiger partial charge in [-0.3, -0.25) is 9.63 Å². The van der Waals surface area contributed by atoms with Crippen LogP contribution in [0.2, 0.25) is 0 Å². The van der Waals surface area contributed by atoms with Crippen molar-refractivity contribution in [3.63, 3.8) is 0 Å². The Labute approximate surface area is 106 Å². The van der Waals surface area contributed by atoms with Gasteiger partial charge in [0.05, 0.1) is 6.61 Å². The zero-order chi connectivity index (χ0) is 12.8. The lowest BCUT2D eigenvalue weighted by Gasteiger charge is -2.26. The highest BCUT2D eigenvalue weighted by molar-refractivity contribution is 5.46. The molecule has 1 aromatic carbocycles. The summed E-state index contributed by atoms with van der Waals surface area (Å²) in [5, 5.41) is 1.29. The molecule has 0 N–H and O–H groups in total. The molecule has 1 heterocycles. The van der Waals surface area contributed by atoms with Gasteiger partial charge < -0.3 is 9.47 Å². The van der Waals surface area contributed by atoms with Crippen molar-refractivity contribution in [1.29, 1.82) is 0 Å². The highest BCUT2D eigenvalue weighted by atomic mass is 16.7. The minimum atomic E-state index is -0.411. The summed E-state index contributed by atoms with van der Waals surface area (Å²) in [5.41, 5.74) is 1.01. The summed E-state index contributed by atoms with van der Waals surface area (Å²) in [6.07, 6.45) is 0.978. The fraction of sp³-hybridized carbons (Fsp3) is 0.462. The van der Waals surface area contributed by atoms with E-state index in [1.165, 1.54) is 5.06 Å². The molecule has 0 saturated carbocycles. The van der Waals surface area contributed by atoms with Crippen molar-refractivity contribution in [2.45, 2.75) is 25.4 Å². The third-order valence-electron chi connectivity index (χ3n) is 2.90. The SMILES string of the molecule is COC1OCC[C@@H]1N(C=O)OCc1ccccc1. The molecule has 1 aliphatic rings. The third-order valence-corrected chi connectivity index (χ3v) is 2.90. The van der Waals surface area contributed by atoms with E-state index in [0.29, 0.717) is 26.0 Å². The molecule has 5 heteroatoms. The van der Waals surface area contributed by atoms with E-state index in [0.717, 1.165) is 5.56 Å². The Hall–Kier alpha value is -1.43. The van der Waals surface area contributed by atoms with Crippen molar-refractivity contribution in [3.8, 4) is 0 Å². The number of hydroxylamine groups is 2. The van der Waals surface area contributed by atoms with Crippen LogP contribution >= 0.6 is 0 Å². The monoisotopic (exact) mass is 251 g/mol. The van der Waals surface area contributed by atoms with Gasteiger partial charge in [-0.15, -0.1) is 0 Å². The lowest BCUT2D eigenvalue weighted by Crippen LogP contribution is -2.40. The van der Waals surface area contributed by atoms with E-state index in [4.69, 9.17) is 14.3 Å². The van der Waals surface area contributed by atoms with Crippen molar-refractivity contribution in [2.75, 3.05) is 13.7 Å². The summed E-state index contributed by atoms with van der Waals surface area (Å²) >= 11 is 0. The van der Waals surface area contributed by atoms with E-state index >= 15 is 0 Å². The standard InChI is InChI=1S/C13H17NO4/c1-16-13-12(7-8-17-13)14(10-15)18-9-11-5-3-2-4-6-11/h2-6,10,12-13H,7-9H2,1H3/t12-,13?/m0/s1. The maximum absolute atomic E-state index is 11.1. The van der Waals surface area contributed by atoms with Crippen molar-refractivity contribution in [1.82, 2.24) is 5.06 Å². The van der Waals surface area contributed by atoms with Crippen LogP contribution in [0.4, 0.5) is 0 Å². The normalized spacial score (nSPS) is 22.9. The van der Waals surface area contributed by atoms with Gasteiger partial charge in [-0.05, 0) is 12.0 Å². The Morgan fingerprint density at radius 2 is 2.22 bits per heavy atom. The van der Waals surface area contributed by atoms with Crippen LogP contribution in [0.15, 0.2) is 30.3 Å². The first kappa shape index (κ1) is 13.0. The number of amides is 1. The molecule has 18 heavy (non-hydrogen) atoms. The predicted octanol–water partition coefficient (Wildman–Crippen LogP) is 1.34. The summed E-state index contributed by atoms with van der Waals surface area (Å²) in [7, 11) is 1.56. The van der Waals surface area contributed by atoms with Gasteiger partial charge in [-0.2, -0.15) is 0 Å². The molecule has 1 aliphatic heterocycles. The number of hydrogen-bond acceptors (Lipinski definition) is 4. The predicted molar refractivity (Wildman–Crippen MR) is 64.3 cm³/mol. The first-order valence-electron chi connectivity index (χ1n) is 5.90. The summed E-state index contributed by atoms with van der Waals surface area (Å²) in [5.74, 6) is 0. The lowest BCUT2D eigenvalue weighted by molar-refractivity contribution is -0.221. The molecule has 5 nitrogen and oxygen atoms in total. The molecule has 0 bridgehead atoms. The van der Waals surface area contributed by atoms with Crippen LogP contribution in [0.5, 0.6) is 0 Å². The fourth-order valence-electron chi connectivity index (χ4n) is 1.95. The Kier molecular flexibility index (Phi) is 4.69. The lowest BCUT2D eigenvalue weighted by atomic mass is 10.2. The van der Waals surface area contributed by atoms with E-state index in [2.05, 4.69) is 0 Å². The van der Waals surface area contributed by atoms with Crippen LogP contribution in [-0.4, -0.2) is 37.5 Å². The second kappa shape index (κ2) is 6.49. The van der Waals surface area contributed by atoms with E-state index < -0.39 is 6.29 Å². The van der Waals surface area contributed by atoms with Gasteiger partial charge in [-0.1, -0.05) is 30.3 Å². The van der Waals surface area contributed by atoms with Gasteiger partial charge in [-0.25, -0.2) is 5.06 Å². The van der Waals surface area contributed by atoms with Crippen molar-refractivity contribution < 1.29 is 19.1 Å². The fourth-order valence-corrected chi connectivity index (χ4v) is 1.95. The molecule has 1 saturated heterocycles. The molecule has 1 fully saturated rings. The molecule has 0 aromatic heterocycles. The van der Waals surface area contributed by atoms with Crippen LogP contribution in [-0.2, 0) is 25.7 Å². The van der Waals surface area contributed by atoms with E-state index in [1.54, 1.807) is 7.11 Å². The largest absolute Gasteiger partial charge is 0.354 e. The summed E-state index contributed by atoms with van der Waals surface area (Å²) in [4.78, 5) is 16.6. The molecular weight excluding hydrogens is 234 g/mol. The van der Waals surface area contributed by atoms with Crippen LogP contribution in [0.25, 0.3) is 0 Å². The zero-order valence-electron chi connectivity index (χ0n) is 10.3. The number of rotatable bonds is 6. The molecule has 2 atom stereocenters. The first-order chi connectivity index (χ1) is 8.85. The molecule has 0 radical (unpaired) electrons. The number of benzene rings is 1. The third kappa shape index (κ3) is 3.07. The van der Waals surface area contributed by atoms with Gasteiger partial charge in [0.1, 0.15) is 12.6 Å². The summed E-state index contributed by atoms with van der Waals surface area (Å²) in [6.45, 7) is 0.925. The van der Waals surface area contributed by atoms with Crippen LogP contribution in [0, 0.1) is 0 Å². The minimum Gasteiger partial charge on any atom is -0.354 e. The van der Waals surface area contributed by atoms with Gasteiger partial charge in [0.25, 0.3) is 0 Å². The summed E-state index contributed by atoms with van der Waals surface area (Å²) in [6, 6.07) is 9.51. The molecule has 0 spiro atoms. The number of nitrogens with zero attached hydrogens (tertiary/aromatic N) is 1. The first-order valence-corrected chi connectivity index (χ1v) is 5.90. The van der Waals surface area contributed by atoms with E-state index in [9.17, 15) is 4.79 Å². The van der Waals surface area contributed by atoms with Gasteiger partial charge in [0.15, 0.2) is 6.29 Å². The maximum atomic E-state index is 11.1. The second-order valence-electron chi connectivity index (χ2n) is 4.06. The Morgan fingerprint density at radius 3 is 2.89 bits per heavy atom. The highest BCUT2D eigenvalue weighted by Crippen LogP contribution is 2.20. The molecule has 1 unspecified atom stereocenters. The zero-order valence-corrected chi connectivity index (χ0v) is 10.3. The van der Waals surface area contributed by atoms with Crippen molar-refractivity contribution in [3.05, 3.63) is 35.9 Å². The van der Waals surface area contributed by atoms with E-state index in [-0.39, 0.29) is 6.04 Å². The number of carbonyl (C=O) groups excluding carboxylic acids is 1. The molecule has 1 amide bonds. The molecule has 1 aromatic rings. The van der Waals surface area contributed by atoms with Crippen molar-refractivity contribution in [2.24, 2.45) is 0 Å². The molecule has 2 rings (SSSR count). The average molecular weight is 251 g/mol.